The summed E-state index contributed by atoms with van der Waals surface area (Å²) >= 11 is 11.9. The highest BCUT2D eigenvalue weighted by Gasteiger charge is 2.33. The number of carbonyl (C=O) groups excluding carboxylic acids is 2. The van der Waals surface area contributed by atoms with Gasteiger partial charge in [0.2, 0.25) is 0 Å². The van der Waals surface area contributed by atoms with Crippen LogP contribution in [0.1, 0.15) is 12.5 Å². The predicted molar refractivity (Wildman–Crippen MR) is 81.6 cm³/mol. The summed E-state index contributed by atoms with van der Waals surface area (Å²) in [6, 6.07) is 4.80. The first-order valence-electron chi connectivity index (χ1n) is 6.75. The van der Waals surface area contributed by atoms with Crippen molar-refractivity contribution in [2.45, 2.75) is 19.5 Å². The normalized spacial score (nSPS) is 17.5. The van der Waals surface area contributed by atoms with E-state index in [4.69, 9.17) is 23.2 Å². The molecule has 2 atom stereocenters. The molecule has 114 valence electrons. The second kappa shape index (κ2) is 6.64. The highest BCUT2D eigenvalue weighted by molar-refractivity contribution is 6.42. The van der Waals surface area contributed by atoms with E-state index in [1.807, 2.05) is 20.0 Å². The van der Waals surface area contributed by atoms with Crippen LogP contribution in [0.3, 0.4) is 0 Å². The molecule has 1 saturated heterocycles. The number of nitrogens with one attached hydrogen (secondary N) is 2. The highest BCUT2D eigenvalue weighted by atomic mass is 35.5. The molecule has 2 N–H and O–H groups in total. The molecule has 1 aromatic carbocycles. The Kier molecular flexibility index (Phi) is 5.08. The number of amides is 3. The lowest BCUT2D eigenvalue weighted by molar-refractivity contribution is -0.908. The maximum absolute atomic E-state index is 12.3. The van der Waals surface area contributed by atoms with Gasteiger partial charge in [0.25, 0.3) is 5.91 Å². The Balaban J connectivity index is 2.01. The molecule has 0 radical (unpaired) electrons. The molecular weight excluding hydrogens is 313 g/mol. The number of rotatable bonds is 4. The molecule has 0 spiro atoms. The number of urea groups is 1. The van der Waals surface area contributed by atoms with Crippen LogP contribution in [0.5, 0.6) is 0 Å². The molecule has 0 saturated carbocycles. The molecule has 0 aromatic heterocycles. The number of quaternary nitrogens is 1. The largest absolute Gasteiger partial charge is 0.336 e. The second-order valence-electron chi connectivity index (χ2n) is 5.22. The third-order valence-electron chi connectivity index (χ3n) is 3.70. The molecule has 0 aliphatic carbocycles. The predicted octanol–water partition coefficient (Wildman–Crippen LogP) is 0.948. The van der Waals surface area contributed by atoms with Gasteiger partial charge < -0.3 is 10.2 Å². The van der Waals surface area contributed by atoms with Crippen LogP contribution in [0.25, 0.3) is 0 Å². The van der Waals surface area contributed by atoms with Gasteiger partial charge in [0.05, 0.1) is 17.1 Å². The fourth-order valence-electron chi connectivity index (χ4n) is 2.25. The lowest BCUT2D eigenvalue weighted by Crippen LogP contribution is -3.12. The summed E-state index contributed by atoms with van der Waals surface area (Å²) in [6.07, 6.45) is 0. The minimum atomic E-state index is -0.316. The minimum Gasteiger partial charge on any atom is -0.336 e. The van der Waals surface area contributed by atoms with Gasteiger partial charge in [-0.2, -0.15) is 0 Å². The van der Waals surface area contributed by atoms with Crippen LogP contribution in [-0.4, -0.2) is 43.0 Å². The zero-order valence-electron chi connectivity index (χ0n) is 12.0. The van der Waals surface area contributed by atoms with Crippen LogP contribution in [0.2, 0.25) is 10.0 Å². The fourth-order valence-corrected chi connectivity index (χ4v) is 2.57. The van der Waals surface area contributed by atoms with Crippen molar-refractivity contribution in [2.75, 3.05) is 20.1 Å². The summed E-state index contributed by atoms with van der Waals surface area (Å²) in [5.74, 6) is -0.164. The summed E-state index contributed by atoms with van der Waals surface area (Å²) in [5, 5.41) is 3.64. The maximum Gasteiger partial charge on any atom is 0.324 e. The monoisotopic (exact) mass is 330 g/mol. The molecule has 1 unspecified atom stereocenters. The molecule has 2 rings (SSSR count). The van der Waals surface area contributed by atoms with Crippen LogP contribution in [0, 0.1) is 0 Å². The molecule has 0 bridgehead atoms. The topological polar surface area (TPSA) is 53.9 Å². The number of hydrogen-bond acceptors (Lipinski definition) is 2. The zero-order valence-corrected chi connectivity index (χ0v) is 13.5. The van der Waals surface area contributed by atoms with Crippen molar-refractivity contribution in [3.63, 3.8) is 0 Å². The van der Waals surface area contributed by atoms with Gasteiger partial charge in [0.1, 0.15) is 6.54 Å². The Morgan fingerprint density at radius 1 is 1.43 bits per heavy atom. The van der Waals surface area contributed by atoms with E-state index in [2.05, 4.69) is 5.32 Å². The maximum atomic E-state index is 12.3. The Labute approximate surface area is 133 Å². The van der Waals surface area contributed by atoms with Gasteiger partial charge in [-0.1, -0.05) is 29.3 Å². The smallest absolute Gasteiger partial charge is 0.324 e. The Hall–Kier alpha value is -1.30. The van der Waals surface area contributed by atoms with Crippen molar-refractivity contribution in [1.29, 1.82) is 0 Å². The molecule has 1 aliphatic rings. The Bertz CT molecular complexity index is 565. The number of hydrogen-bond donors (Lipinski definition) is 2. The average Bonchev–Trinajstić information content (AvgIpc) is 2.87. The van der Waals surface area contributed by atoms with E-state index in [1.54, 1.807) is 12.1 Å². The van der Waals surface area contributed by atoms with Crippen LogP contribution in [0.15, 0.2) is 18.2 Å². The van der Waals surface area contributed by atoms with Gasteiger partial charge in [-0.15, -0.1) is 0 Å². The van der Waals surface area contributed by atoms with E-state index >= 15 is 0 Å². The second-order valence-corrected chi connectivity index (χ2v) is 6.03. The van der Waals surface area contributed by atoms with E-state index in [9.17, 15) is 9.59 Å². The van der Waals surface area contributed by atoms with E-state index in [0.29, 0.717) is 29.7 Å². The third kappa shape index (κ3) is 3.67. The van der Waals surface area contributed by atoms with Crippen LogP contribution in [0.4, 0.5) is 4.79 Å². The first-order valence-corrected chi connectivity index (χ1v) is 7.51. The highest BCUT2D eigenvalue weighted by Crippen LogP contribution is 2.22. The fraction of sp³-hybridized carbons (Fsp3) is 0.429. The first-order chi connectivity index (χ1) is 9.90. The number of benzene rings is 1. The van der Waals surface area contributed by atoms with Gasteiger partial charge in [-0.25, -0.2) is 4.79 Å². The standard InChI is InChI=1S/C14H17Cl2N3O2/c1-9(13(20)19-6-5-17-14(19)21)18(2)8-10-3-4-11(15)12(16)7-10/h3-4,7,9H,5-6,8H2,1-2H3,(H,17,21)/p+1/t9-/m1/s1. The van der Waals surface area contributed by atoms with Crippen molar-refractivity contribution in [3.8, 4) is 0 Å². The quantitative estimate of drug-likeness (QED) is 0.863. The molecular formula is C14H18Cl2N3O2+. The first kappa shape index (κ1) is 16.1. The van der Waals surface area contributed by atoms with Gasteiger partial charge in [0, 0.05) is 18.7 Å². The van der Waals surface area contributed by atoms with Crippen LogP contribution < -0.4 is 10.2 Å². The Morgan fingerprint density at radius 3 is 2.71 bits per heavy atom. The van der Waals surface area contributed by atoms with E-state index in [1.165, 1.54) is 4.90 Å². The molecule has 1 aromatic rings. The molecule has 1 fully saturated rings. The zero-order chi connectivity index (χ0) is 15.6. The van der Waals surface area contributed by atoms with Crippen molar-refractivity contribution < 1.29 is 14.5 Å². The third-order valence-corrected chi connectivity index (χ3v) is 4.44. The molecule has 1 aliphatic heterocycles. The molecule has 7 heteroatoms. The number of carbonyl (C=O) groups is 2. The van der Waals surface area contributed by atoms with E-state index in [-0.39, 0.29) is 18.0 Å². The Morgan fingerprint density at radius 2 is 2.14 bits per heavy atom. The summed E-state index contributed by atoms with van der Waals surface area (Å²) in [6.45, 7) is 3.39. The molecule has 21 heavy (non-hydrogen) atoms. The van der Waals surface area contributed by atoms with Gasteiger partial charge >= 0.3 is 6.03 Å². The van der Waals surface area contributed by atoms with Gasteiger partial charge in [-0.3, -0.25) is 9.69 Å². The summed E-state index contributed by atoms with van der Waals surface area (Å²) < 4.78 is 0. The van der Waals surface area contributed by atoms with Gasteiger partial charge in [-0.05, 0) is 19.1 Å². The number of imide groups is 1. The summed E-state index contributed by atoms with van der Waals surface area (Å²) in [4.78, 5) is 26.1. The average molecular weight is 331 g/mol. The van der Waals surface area contributed by atoms with Gasteiger partial charge in [0.15, 0.2) is 6.04 Å². The minimum absolute atomic E-state index is 0.164. The van der Waals surface area contributed by atoms with E-state index in [0.717, 1.165) is 10.5 Å². The molecule has 3 amide bonds. The number of nitrogens with zero attached hydrogens (tertiary/aromatic N) is 1. The molecule has 1 heterocycles. The lowest BCUT2D eigenvalue weighted by Gasteiger charge is -2.24. The van der Waals surface area contributed by atoms with Crippen molar-refractivity contribution in [2.24, 2.45) is 0 Å². The van der Waals surface area contributed by atoms with Crippen molar-refractivity contribution in [3.05, 3.63) is 33.8 Å². The number of halogens is 2. The van der Waals surface area contributed by atoms with E-state index < -0.39 is 0 Å². The summed E-state index contributed by atoms with van der Waals surface area (Å²) in [5.41, 5.74) is 0.993. The van der Waals surface area contributed by atoms with Crippen molar-refractivity contribution in [1.82, 2.24) is 10.2 Å². The molecule has 5 nitrogen and oxygen atoms in total. The SMILES string of the molecule is C[C@H](C(=O)N1CCNC1=O)[NH+](C)Cc1ccc(Cl)c(Cl)c1. The summed E-state index contributed by atoms with van der Waals surface area (Å²) in [7, 11) is 1.92. The number of likely N-dealkylation sites (N-methyl/N-ethyl adjacent to an activating group) is 1. The van der Waals surface area contributed by atoms with Crippen LogP contribution >= 0.6 is 23.2 Å². The lowest BCUT2D eigenvalue weighted by atomic mass is 10.2. The van der Waals surface area contributed by atoms with Crippen molar-refractivity contribution >= 4 is 35.1 Å². The van der Waals surface area contributed by atoms with Crippen LogP contribution in [-0.2, 0) is 11.3 Å².